The SMILES string of the molecule is Cc1cc(C)c(C)c(CC(F)(F)C(=O)O)c1C. The predicted molar refractivity (Wildman–Crippen MR) is 61.7 cm³/mol. The van der Waals surface area contributed by atoms with Crippen molar-refractivity contribution in [3.63, 3.8) is 0 Å². The Morgan fingerprint density at radius 3 is 1.94 bits per heavy atom. The number of carboxylic acid groups (broad SMARTS) is 1. The van der Waals surface area contributed by atoms with Crippen molar-refractivity contribution in [3.05, 3.63) is 33.9 Å². The number of halogens is 2. The van der Waals surface area contributed by atoms with E-state index in [1.165, 1.54) is 0 Å². The van der Waals surface area contributed by atoms with Crippen molar-refractivity contribution in [3.8, 4) is 0 Å². The molecule has 1 N–H and O–H groups in total. The van der Waals surface area contributed by atoms with E-state index in [4.69, 9.17) is 5.11 Å². The van der Waals surface area contributed by atoms with Gasteiger partial charge in [0, 0.05) is 6.42 Å². The van der Waals surface area contributed by atoms with Gasteiger partial charge in [-0.3, -0.25) is 0 Å². The number of benzene rings is 1. The minimum atomic E-state index is -3.71. The van der Waals surface area contributed by atoms with Gasteiger partial charge >= 0.3 is 11.9 Å². The average Bonchev–Trinajstić information content (AvgIpc) is 2.21. The zero-order valence-electron chi connectivity index (χ0n) is 10.4. The lowest BCUT2D eigenvalue weighted by Crippen LogP contribution is -2.31. The van der Waals surface area contributed by atoms with Gasteiger partial charge in [0.1, 0.15) is 0 Å². The fourth-order valence-electron chi connectivity index (χ4n) is 1.86. The van der Waals surface area contributed by atoms with E-state index in [0.717, 1.165) is 22.3 Å². The molecule has 0 amide bonds. The van der Waals surface area contributed by atoms with Crippen LogP contribution in [0, 0.1) is 27.7 Å². The molecule has 17 heavy (non-hydrogen) atoms. The Kier molecular flexibility index (Phi) is 3.55. The predicted octanol–water partition coefficient (Wildman–Crippen LogP) is 3.18. The molecule has 0 saturated heterocycles. The molecule has 1 rings (SSSR count). The maximum Gasteiger partial charge on any atom is 0.374 e. The highest BCUT2D eigenvalue weighted by Gasteiger charge is 2.39. The van der Waals surface area contributed by atoms with Crippen LogP contribution >= 0.6 is 0 Å². The molecule has 0 heterocycles. The number of hydrogen-bond acceptors (Lipinski definition) is 1. The molecule has 1 aromatic rings. The Morgan fingerprint density at radius 1 is 1.18 bits per heavy atom. The third-order valence-electron chi connectivity index (χ3n) is 3.23. The van der Waals surface area contributed by atoms with Gasteiger partial charge in [-0.25, -0.2) is 4.79 Å². The van der Waals surface area contributed by atoms with E-state index < -0.39 is 18.3 Å². The molecule has 0 spiro atoms. The number of carboxylic acids is 1. The Bertz CT molecular complexity index is 439. The number of hydrogen-bond donors (Lipinski definition) is 1. The third-order valence-corrected chi connectivity index (χ3v) is 3.23. The maximum atomic E-state index is 13.3. The van der Waals surface area contributed by atoms with Gasteiger partial charge in [-0.15, -0.1) is 0 Å². The van der Waals surface area contributed by atoms with Crippen molar-refractivity contribution >= 4 is 5.97 Å². The summed E-state index contributed by atoms with van der Waals surface area (Å²) in [6.45, 7) is 7.17. The molecule has 0 unspecified atom stereocenters. The number of aryl methyl sites for hydroxylation is 2. The lowest BCUT2D eigenvalue weighted by Gasteiger charge is -2.18. The zero-order chi connectivity index (χ0) is 13.4. The van der Waals surface area contributed by atoms with Gasteiger partial charge in [-0.2, -0.15) is 8.78 Å². The second-order valence-electron chi connectivity index (χ2n) is 4.43. The highest BCUT2D eigenvalue weighted by Crippen LogP contribution is 2.28. The van der Waals surface area contributed by atoms with Crippen molar-refractivity contribution in [2.24, 2.45) is 0 Å². The quantitative estimate of drug-likeness (QED) is 0.883. The highest BCUT2D eigenvalue weighted by molar-refractivity contribution is 5.76. The van der Waals surface area contributed by atoms with Crippen molar-refractivity contribution in [2.45, 2.75) is 40.0 Å². The zero-order valence-corrected chi connectivity index (χ0v) is 10.4. The molecule has 4 heteroatoms. The molecular formula is C13H16F2O2. The second-order valence-corrected chi connectivity index (χ2v) is 4.43. The molecule has 0 aromatic heterocycles. The molecule has 0 bridgehead atoms. The topological polar surface area (TPSA) is 37.3 Å². The molecule has 0 radical (unpaired) electrons. The molecule has 0 saturated carbocycles. The van der Waals surface area contributed by atoms with E-state index in [-0.39, 0.29) is 0 Å². The van der Waals surface area contributed by atoms with Gasteiger partial charge < -0.3 is 5.11 Å². The summed E-state index contributed by atoms with van der Waals surface area (Å²) < 4.78 is 26.5. The first-order chi connectivity index (χ1) is 7.66. The Balaban J connectivity index is 3.28. The summed E-state index contributed by atoms with van der Waals surface area (Å²) in [5.74, 6) is -5.79. The summed E-state index contributed by atoms with van der Waals surface area (Å²) in [6, 6.07) is 1.92. The molecule has 0 atom stereocenters. The van der Waals surface area contributed by atoms with E-state index in [2.05, 4.69) is 0 Å². The van der Waals surface area contributed by atoms with Crippen LogP contribution in [0.15, 0.2) is 6.07 Å². The molecule has 0 aliphatic rings. The average molecular weight is 242 g/mol. The number of rotatable bonds is 3. The van der Waals surface area contributed by atoms with Crippen LogP contribution in [-0.2, 0) is 11.2 Å². The monoisotopic (exact) mass is 242 g/mol. The first-order valence-corrected chi connectivity index (χ1v) is 5.34. The highest BCUT2D eigenvalue weighted by atomic mass is 19.3. The molecule has 1 aromatic carbocycles. The minimum Gasteiger partial charge on any atom is -0.477 e. The lowest BCUT2D eigenvalue weighted by atomic mass is 9.90. The lowest BCUT2D eigenvalue weighted by molar-refractivity contribution is -0.164. The molecule has 0 aliphatic heterocycles. The molecule has 94 valence electrons. The molecular weight excluding hydrogens is 226 g/mol. The van der Waals surface area contributed by atoms with Crippen LogP contribution in [0.4, 0.5) is 8.78 Å². The van der Waals surface area contributed by atoms with Gasteiger partial charge in [0.25, 0.3) is 0 Å². The van der Waals surface area contributed by atoms with E-state index in [1.807, 2.05) is 19.9 Å². The van der Waals surface area contributed by atoms with Crippen LogP contribution in [0.2, 0.25) is 0 Å². The van der Waals surface area contributed by atoms with Crippen molar-refractivity contribution in [2.75, 3.05) is 0 Å². The Hall–Kier alpha value is -1.45. The van der Waals surface area contributed by atoms with Gasteiger partial charge in [-0.1, -0.05) is 6.07 Å². The van der Waals surface area contributed by atoms with Crippen molar-refractivity contribution in [1.82, 2.24) is 0 Å². The summed E-state index contributed by atoms with van der Waals surface area (Å²) in [4.78, 5) is 10.5. The number of carbonyl (C=O) groups is 1. The molecule has 0 aliphatic carbocycles. The largest absolute Gasteiger partial charge is 0.477 e. The Labute approximate surface area is 99.3 Å². The van der Waals surface area contributed by atoms with Crippen LogP contribution in [0.1, 0.15) is 27.8 Å². The van der Waals surface area contributed by atoms with E-state index in [9.17, 15) is 13.6 Å². The summed E-state index contributed by atoms with van der Waals surface area (Å²) in [7, 11) is 0. The smallest absolute Gasteiger partial charge is 0.374 e. The summed E-state index contributed by atoms with van der Waals surface area (Å²) >= 11 is 0. The van der Waals surface area contributed by atoms with Crippen molar-refractivity contribution < 1.29 is 18.7 Å². The number of aliphatic carboxylic acids is 1. The standard InChI is InChI=1S/C13H16F2O2/c1-7-5-8(2)10(4)11(9(7)3)6-13(14,15)12(16)17/h5H,6H2,1-4H3,(H,16,17). The maximum absolute atomic E-state index is 13.3. The first-order valence-electron chi connectivity index (χ1n) is 5.34. The second kappa shape index (κ2) is 4.43. The fourth-order valence-corrected chi connectivity index (χ4v) is 1.86. The van der Waals surface area contributed by atoms with Gasteiger partial charge in [-0.05, 0) is 55.5 Å². The van der Waals surface area contributed by atoms with E-state index in [1.54, 1.807) is 13.8 Å². The van der Waals surface area contributed by atoms with E-state index in [0.29, 0.717) is 5.56 Å². The summed E-state index contributed by atoms with van der Waals surface area (Å²) in [6.07, 6.45) is -0.748. The van der Waals surface area contributed by atoms with Crippen molar-refractivity contribution in [1.29, 1.82) is 0 Å². The third kappa shape index (κ3) is 2.62. The fraction of sp³-hybridized carbons (Fsp3) is 0.462. The molecule has 0 fully saturated rings. The molecule has 2 nitrogen and oxygen atoms in total. The van der Waals surface area contributed by atoms with Crippen LogP contribution in [0.5, 0.6) is 0 Å². The Morgan fingerprint density at radius 2 is 1.59 bits per heavy atom. The van der Waals surface area contributed by atoms with Crippen LogP contribution in [-0.4, -0.2) is 17.0 Å². The van der Waals surface area contributed by atoms with Crippen LogP contribution in [0.3, 0.4) is 0 Å². The van der Waals surface area contributed by atoms with Gasteiger partial charge in [0.05, 0.1) is 0 Å². The normalized spacial score (nSPS) is 11.6. The van der Waals surface area contributed by atoms with Gasteiger partial charge in [0.15, 0.2) is 0 Å². The number of alkyl halides is 2. The summed E-state index contributed by atoms with van der Waals surface area (Å²) in [5.41, 5.74) is 3.74. The van der Waals surface area contributed by atoms with E-state index >= 15 is 0 Å². The minimum absolute atomic E-state index is 0.440. The van der Waals surface area contributed by atoms with Crippen LogP contribution in [0.25, 0.3) is 0 Å². The van der Waals surface area contributed by atoms with Gasteiger partial charge in [0.2, 0.25) is 0 Å². The first kappa shape index (κ1) is 13.6. The summed E-state index contributed by atoms with van der Waals surface area (Å²) in [5, 5.41) is 8.47. The van der Waals surface area contributed by atoms with Crippen LogP contribution < -0.4 is 0 Å².